The summed E-state index contributed by atoms with van der Waals surface area (Å²) in [7, 11) is 0. The molecule has 5 nitrogen and oxygen atoms in total. The topological polar surface area (TPSA) is 40.6 Å². The van der Waals surface area contributed by atoms with Crippen LogP contribution in [-0.2, 0) is 6.54 Å². The maximum absolute atomic E-state index is 5.97. The third-order valence-corrected chi connectivity index (χ3v) is 6.16. The summed E-state index contributed by atoms with van der Waals surface area (Å²) in [5, 5.41) is 4.50. The molecule has 0 atom stereocenters. The van der Waals surface area contributed by atoms with E-state index in [1.807, 2.05) is 25.3 Å². The first-order valence-electron chi connectivity index (χ1n) is 11.0. The monoisotopic (exact) mass is 426 g/mol. The highest BCUT2D eigenvalue weighted by Crippen LogP contribution is 2.28. The summed E-state index contributed by atoms with van der Waals surface area (Å²) in [6.07, 6.45) is 8.51. The number of hydrogen-bond acceptors (Lipinski definition) is 5. The Balaban J connectivity index is 1.23. The van der Waals surface area contributed by atoms with E-state index >= 15 is 0 Å². The van der Waals surface area contributed by atoms with Crippen molar-refractivity contribution in [2.24, 2.45) is 0 Å². The Morgan fingerprint density at radius 1 is 1.17 bits per heavy atom. The first-order chi connectivity index (χ1) is 14.7. The molecule has 2 aliphatic rings. The SMILES string of the molecule is CCOc1cnc2c(c1)N(CCN1CCC(NCc3ccc(Cl)cc3)CC1)CC=C2. The van der Waals surface area contributed by atoms with Crippen molar-refractivity contribution < 1.29 is 4.74 Å². The van der Waals surface area contributed by atoms with Crippen molar-refractivity contribution in [2.45, 2.75) is 32.4 Å². The van der Waals surface area contributed by atoms with E-state index in [9.17, 15) is 0 Å². The maximum atomic E-state index is 5.97. The molecule has 0 amide bonds. The molecule has 0 radical (unpaired) electrons. The second-order valence-electron chi connectivity index (χ2n) is 7.98. The molecule has 6 heteroatoms. The first kappa shape index (κ1) is 21.2. The number of halogens is 1. The fraction of sp³-hybridized carbons (Fsp3) is 0.458. The first-order valence-corrected chi connectivity index (χ1v) is 11.3. The molecular formula is C24H31ClN4O. The zero-order valence-electron chi connectivity index (χ0n) is 17.7. The lowest BCUT2D eigenvalue weighted by Gasteiger charge is -2.35. The van der Waals surface area contributed by atoms with Gasteiger partial charge in [-0.15, -0.1) is 0 Å². The second-order valence-corrected chi connectivity index (χ2v) is 8.42. The smallest absolute Gasteiger partial charge is 0.139 e. The van der Waals surface area contributed by atoms with Crippen molar-refractivity contribution in [2.75, 3.05) is 44.2 Å². The summed E-state index contributed by atoms with van der Waals surface area (Å²) in [5.74, 6) is 0.851. The molecule has 0 bridgehead atoms. The third-order valence-electron chi connectivity index (χ3n) is 5.91. The number of anilines is 1. The molecule has 2 aromatic rings. The summed E-state index contributed by atoms with van der Waals surface area (Å²) in [6, 6.07) is 10.8. The van der Waals surface area contributed by atoms with Crippen molar-refractivity contribution in [3.63, 3.8) is 0 Å². The molecule has 0 saturated carbocycles. The lowest BCUT2D eigenvalue weighted by atomic mass is 10.0. The third kappa shape index (κ3) is 5.54. The lowest BCUT2D eigenvalue weighted by Crippen LogP contribution is -2.45. The average Bonchev–Trinajstić information content (AvgIpc) is 2.78. The second kappa shape index (κ2) is 10.3. The van der Waals surface area contributed by atoms with Crippen molar-refractivity contribution in [1.29, 1.82) is 0 Å². The summed E-state index contributed by atoms with van der Waals surface area (Å²) in [6.45, 7) is 8.89. The van der Waals surface area contributed by atoms with Gasteiger partial charge >= 0.3 is 0 Å². The zero-order chi connectivity index (χ0) is 20.8. The molecule has 1 N–H and O–H groups in total. The largest absolute Gasteiger partial charge is 0.492 e. The van der Waals surface area contributed by atoms with Crippen molar-refractivity contribution in [3.8, 4) is 5.75 Å². The van der Waals surface area contributed by atoms with E-state index in [-0.39, 0.29) is 0 Å². The number of aromatic nitrogens is 1. The van der Waals surface area contributed by atoms with Gasteiger partial charge in [0, 0.05) is 43.3 Å². The van der Waals surface area contributed by atoms with E-state index in [1.165, 1.54) is 24.1 Å². The minimum absolute atomic E-state index is 0.591. The Labute approximate surface area is 184 Å². The van der Waals surface area contributed by atoms with Crippen molar-refractivity contribution in [3.05, 3.63) is 58.9 Å². The molecule has 3 heterocycles. The summed E-state index contributed by atoms with van der Waals surface area (Å²) in [4.78, 5) is 9.55. The summed E-state index contributed by atoms with van der Waals surface area (Å²) in [5.41, 5.74) is 3.51. The number of hydrogen-bond donors (Lipinski definition) is 1. The van der Waals surface area contributed by atoms with Crippen LogP contribution in [0.3, 0.4) is 0 Å². The number of likely N-dealkylation sites (tertiary alicyclic amines) is 1. The minimum atomic E-state index is 0.591. The van der Waals surface area contributed by atoms with E-state index < -0.39 is 0 Å². The van der Waals surface area contributed by atoms with Crippen LogP contribution in [0.15, 0.2) is 42.6 Å². The van der Waals surface area contributed by atoms with Gasteiger partial charge in [-0.05, 0) is 56.6 Å². The maximum Gasteiger partial charge on any atom is 0.139 e. The Hall–Kier alpha value is -2.08. The molecule has 0 spiro atoms. The minimum Gasteiger partial charge on any atom is -0.492 e. The number of piperidine rings is 1. The summed E-state index contributed by atoms with van der Waals surface area (Å²) >= 11 is 5.97. The fourth-order valence-corrected chi connectivity index (χ4v) is 4.29. The fourth-order valence-electron chi connectivity index (χ4n) is 4.16. The predicted molar refractivity (Wildman–Crippen MR) is 124 cm³/mol. The average molecular weight is 427 g/mol. The molecule has 0 unspecified atom stereocenters. The molecule has 1 fully saturated rings. The van der Waals surface area contributed by atoms with Crippen LogP contribution in [0.1, 0.15) is 31.0 Å². The van der Waals surface area contributed by atoms with E-state index in [1.54, 1.807) is 0 Å². The number of rotatable bonds is 8. The normalized spacial score (nSPS) is 17.2. The standard InChI is InChI=1S/C24H31ClN4O/c1-2-30-22-16-24-23(27-18-22)4-3-11-29(24)15-14-28-12-9-21(10-13-28)26-17-19-5-7-20(25)8-6-19/h3-8,16,18,21,26H,2,9-15,17H2,1H3. The molecule has 4 rings (SSSR count). The van der Waals surface area contributed by atoms with Gasteiger partial charge < -0.3 is 19.9 Å². The van der Waals surface area contributed by atoms with E-state index in [0.717, 1.165) is 55.7 Å². The van der Waals surface area contributed by atoms with Gasteiger partial charge in [0.25, 0.3) is 0 Å². The molecule has 1 saturated heterocycles. The Morgan fingerprint density at radius 3 is 2.73 bits per heavy atom. The van der Waals surface area contributed by atoms with Crippen LogP contribution in [0.4, 0.5) is 5.69 Å². The Bertz CT molecular complexity index is 847. The zero-order valence-corrected chi connectivity index (χ0v) is 18.4. The van der Waals surface area contributed by atoms with Gasteiger partial charge in [0.1, 0.15) is 5.75 Å². The number of pyridine rings is 1. The molecule has 1 aromatic carbocycles. The summed E-state index contributed by atoms with van der Waals surface area (Å²) < 4.78 is 5.65. The number of ether oxygens (including phenoxy) is 1. The highest BCUT2D eigenvalue weighted by molar-refractivity contribution is 6.30. The van der Waals surface area contributed by atoms with Crippen molar-refractivity contribution >= 4 is 23.4 Å². The highest BCUT2D eigenvalue weighted by atomic mass is 35.5. The van der Waals surface area contributed by atoms with E-state index in [4.69, 9.17) is 16.3 Å². The molecular weight excluding hydrogens is 396 g/mol. The van der Waals surface area contributed by atoms with E-state index in [0.29, 0.717) is 12.6 Å². The highest BCUT2D eigenvalue weighted by Gasteiger charge is 2.21. The van der Waals surface area contributed by atoms with Crippen LogP contribution in [0.25, 0.3) is 6.08 Å². The van der Waals surface area contributed by atoms with E-state index in [2.05, 4.69) is 50.5 Å². The van der Waals surface area contributed by atoms with Gasteiger partial charge in [-0.25, -0.2) is 0 Å². The number of fused-ring (bicyclic) bond motifs is 1. The molecule has 1 aromatic heterocycles. The predicted octanol–water partition coefficient (Wildman–Crippen LogP) is 4.22. The van der Waals surface area contributed by atoms with Gasteiger partial charge in [-0.2, -0.15) is 0 Å². The Kier molecular flexibility index (Phi) is 7.26. The van der Waals surface area contributed by atoms with Gasteiger partial charge in [0.15, 0.2) is 0 Å². The van der Waals surface area contributed by atoms with Crippen LogP contribution in [0.5, 0.6) is 5.75 Å². The van der Waals surface area contributed by atoms with Crippen LogP contribution < -0.4 is 15.0 Å². The number of nitrogens with zero attached hydrogens (tertiary/aromatic N) is 3. The van der Waals surface area contributed by atoms with Crippen LogP contribution >= 0.6 is 11.6 Å². The van der Waals surface area contributed by atoms with Crippen LogP contribution in [0, 0.1) is 0 Å². The van der Waals surface area contributed by atoms with Crippen LogP contribution in [0.2, 0.25) is 5.02 Å². The Morgan fingerprint density at radius 2 is 1.97 bits per heavy atom. The van der Waals surface area contributed by atoms with Crippen molar-refractivity contribution in [1.82, 2.24) is 15.2 Å². The molecule has 2 aliphatic heterocycles. The number of benzene rings is 1. The molecule has 160 valence electrons. The number of nitrogens with one attached hydrogen (secondary N) is 1. The lowest BCUT2D eigenvalue weighted by molar-refractivity contribution is 0.201. The van der Waals surface area contributed by atoms with Crippen LogP contribution in [-0.4, -0.2) is 55.3 Å². The molecule has 30 heavy (non-hydrogen) atoms. The van der Waals surface area contributed by atoms with Gasteiger partial charge in [-0.3, -0.25) is 4.98 Å². The van der Waals surface area contributed by atoms with Gasteiger partial charge in [0.05, 0.1) is 24.2 Å². The quantitative estimate of drug-likeness (QED) is 0.684. The van der Waals surface area contributed by atoms with Gasteiger partial charge in [-0.1, -0.05) is 29.8 Å². The van der Waals surface area contributed by atoms with Gasteiger partial charge in [0.2, 0.25) is 0 Å². The molecule has 0 aliphatic carbocycles.